The van der Waals surface area contributed by atoms with Crippen molar-refractivity contribution >= 4 is 0 Å². The van der Waals surface area contributed by atoms with Gasteiger partial charge in [-0.1, -0.05) is 556 Å². The normalized spacial score (nSPS) is 13.6. The molecule has 3 aliphatic carbocycles. The van der Waals surface area contributed by atoms with Crippen molar-refractivity contribution in [1.29, 1.82) is 0 Å². The van der Waals surface area contributed by atoms with Crippen LogP contribution in [0.1, 0.15) is 556 Å². The Kier molecular flexibility index (Phi) is 133. The summed E-state index contributed by atoms with van der Waals surface area (Å²) < 4.78 is 0. The Morgan fingerprint density at radius 3 is 0.414 bits per heavy atom. The maximum atomic E-state index is 2.38. The van der Waals surface area contributed by atoms with Gasteiger partial charge in [-0.3, -0.25) is 0 Å². The first-order valence-electron chi connectivity index (χ1n) is 45.7. The zero-order chi connectivity index (χ0) is 80.9. The molecular weight excluding hydrogens is 1190 g/mol. The first-order valence-corrected chi connectivity index (χ1v) is 45.7. The molecule has 0 radical (unpaired) electrons. The molecule has 0 aliphatic heterocycles. The molecule has 0 saturated heterocycles. The molecule has 0 heteroatoms. The molecule has 0 aromatic carbocycles. The minimum atomic E-state index is 0.542. The zero-order valence-electron chi connectivity index (χ0n) is 80.9. The summed E-state index contributed by atoms with van der Waals surface area (Å²) >= 11 is 0. The Labute approximate surface area is 645 Å². The highest BCUT2D eigenvalue weighted by molar-refractivity contribution is 4.62. The van der Waals surface area contributed by atoms with E-state index in [0.29, 0.717) is 16.2 Å². The third-order valence-corrected chi connectivity index (χ3v) is 20.2. The third kappa shape index (κ3) is 195. The molecule has 0 N–H and O–H groups in total. The van der Waals surface area contributed by atoms with Crippen molar-refractivity contribution in [3.05, 3.63) is 0 Å². The van der Waals surface area contributed by atoms with Crippen molar-refractivity contribution in [3.8, 4) is 0 Å². The molecule has 0 nitrogen and oxygen atoms in total. The van der Waals surface area contributed by atoms with E-state index < -0.39 is 0 Å². The average Bonchev–Trinajstić information content (AvgIpc) is 3.91. The van der Waals surface area contributed by atoms with E-state index in [4.69, 9.17) is 0 Å². The van der Waals surface area contributed by atoms with Crippen molar-refractivity contribution in [1.82, 2.24) is 0 Å². The van der Waals surface area contributed by atoms with E-state index in [9.17, 15) is 0 Å². The summed E-state index contributed by atoms with van der Waals surface area (Å²) in [7, 11) is 0. The lowest BCUT2D eigenvalue weighted by atomic mass is 9.91. The Morgan fingerprint density at radius 1 is 0.222 bits per heavy atom. The molecule has 0 atom stereocenters. The van der Waals surface area contributed by atoms with E-state index in [1.165, 1.54) is 244 Å². The van der Waals surface area contributed by atoms with Crippen LogP contribution in [0.2, 0.25) is 0 Å². The van der Waals surface area contributed by atoms with Gasteiger partial charge in [0.1, 0.15) is 0 Å². The first kappa shape index (κ1) is 129. The monoisotopic (exact) mass is 1410 g/mol. The minimum absolute atomic E-state index is 0.542. The maximum Gasteiger partial charge on any atom is -0.0385 e. The number of hydrogen-bond donors (Lipinski definition) is 0. The van der Waals surface area contributed by atoms with Crippen molar-refractivity contribution in [3.63, 3.8) is 0 Å². The SMILES string of the molecule is CC(C)C(C)C.CC(C)C(C)C.CC1CCCC1.CC1CCCCC1.CC1CCCCCC1.CCC(C)(C)C.CCC(C)(C)C.CCC(C)(C)C.CCC(C)CC.CCC(C)CC.CCC(C)CC.CCCC(C)C.CCCC(C)C.CCCC(C)C.CCCCCC.CCCCCC. The molecule has 99 heavy (non-hydrogen) atoms. The zero-order valence-corrected chi connectivity index (χ0v) is 80.9. The van der Waals surface area contributed by atoms with Crippen molar-refractivity contribution < 1.29 is 0 Å². The smallest absolute Gasteiger partial charge is 0.0385 e. The van der Waals surface area contributed by atoms with Crippen LogP contribution in [0.15, 0.2) is 0 Å². The molecule has 0 unspecified atom stereocenters. The molecule has 3 saturated carbocycles. The van der Waals surface area contributed by atoms with E-state index in [2.05, 4.69) is 312 Å². The summed E-state index contributed by atoms with van der Waals surface area (Å²) in [5.74, 6) is 12.0. The van der Waals surface area contributed by atoms with Gasteiger partial charge in [0.15, 0.2) is 0 Å². The van der Waals surface area contributed by atoms with Crippen molar-refractivity contribution in [2.75, 3.05) is 0 Å². The highest BCUT2D eigenvalue weighted by Gasteiger charge is 2.09. The second-order valence-electron chi connectivity index (χ2n) is 37.7. The summed E-state index contributed by atoms with van der Waals surface area (Å²) in [6, 6.07) is 0. The quantitative estimate of drug-likeness (QED) is 0.0842. The molecule has 0 bridgehead atoms. The van der Waals surface area contributed by atoms with E-state index in [1.807, 2.05) is 0 Å². The number of rotatable bonds is 20. The van der Waals surface area contributed by atoms with Crippen LogP contribution in [-0.2, 0) is 0 Å². The van der Waals surface area contributed by atoms with Crippen LogP contribution in [0.5, 0.6) is 0 Å². The number of unbranched alkanes of at least 4 members (excludes halogenated alkanes) is 6. The number of hydrogen-bond acceptors (Lipinski definition) is 0. The molecule has 3 aliphatic rings. The van der Waals surface area contributed by atoms with E-state index in [0.717, 1.165) is 76.9 Å². The molecule has 0 aromatic rings. The van der Waals surface area contributed by atoms with Gasteiger partial charge < -0.3 is 0 Å². The lowest BCUT2D eigenvalue weighted by Gasteiger charge is -2.15. The topological polar surface area (TPSA) is 0 Å². The van der Waals surface area contributed by atoms with Gasteiger partial charge in [-0.2, -0.15) is 0 Å². The fourth-order valence-electron chi connectivity index (χ4n) is 7.52. The fourth-order valence-corrected chi connectivity index (χ4v) is 7.52. The first-order chi connectivity index (χ1) is 45.7. The van der Waals surface area contributed by atoms with Crippen molar-refractivity contribution in [2.24, 2.45) is 93.2 Å². The summed E-state index contributed by atoms with van der Waals surface area (Å²) in [6.45, 7) is 101. The third-order valence-electron chi connectivity index (χ3n) is 20.2. The summed E-state index contributed by atoms with van der Waals surface area (Å²) in [5, 5.41) is 0. The van der Waals surface area contributed by atoms with Gasteiger partial charge in [0.2, 0.25) is 0 Å². The van der Waals surface area contributed by atoms with Gasteiger partial charge in [0, 0.05) is 0 Å². The molecule has 0 spiro atoms. The van der Waals surface area contributed by atoms with Gasteiger partial charge in [-0.05, 0) is 93.2 Å². The Balaban J connectivity index is -0.0000000725. The van der Waals surface area contributed by atoms with E-state index in [1.54, 1.807) is 0 Å². The Morgan fingerprint density at radius 2 is 0.354 bits per heavy atom. The predicted molar refractivity (Wildman–Crippen MR) is 483 cm³/mol. The molecular formula is C99H224. The average molecular weight is 1410 g/mol. The highest BCUT2D eigenvalue weighted by Crippen LogP contribution is 2.24. The van der Waals surface area contributed by atoms with Crippen LogP contribution in [0.25, 0.3) is 0 Å². The molecule has 0 heterocycles. The Bertz CT molecular complexity index is 1050. The van der Waals surface area contributed by atoms with Crippen LogP contribution in [-0.4, -0.2) is 0 Å². The van der Waals surface area contributed by atoms with Gasteiger partial charge in [-0.25, -0.2) is 0 Å². The molecule has 0 aromatic heterocycles. The van der Waals surface area contributed by atoms with Gasteiger partial charge in [0.05, 0.1) is 0 Å². The van der Waals surface area contributed by atoms with Gasteiger partial charge >= 0.3 is 0 Å². The van der Waals surface area contributed by atoms with Crippen LogP contribution in [0, 0.1) is 93.2 Å². The van der Waals surface area contributed by atoms with Gasteiger partial charge in [0.25, 0.3) is 0 Å². The Hall–Kier alpha value is 0. The van der Waals surface area contributed by atoms with Gasteiger partial charge in [-0.15, -0.1) is 0 Å². The molecule has 3 fully saturated rings. The summed E-state index contributed by atoms with van der Waals surface area (Å²) in [4.78, 5) is 0. The lowest BCUT2D eigenvalue weighted by Crippen LogP contribution is -2.00. The van der Waals surface area contributed by atoms with E-state index in [-0.39, 0.29) is 0 Å². The highest BCUT2D eigenvalue weighted by atomic mass is 14.2. The largest absolute Gasteiger partial charge is 0.0654 e. The van der Waals surface area contributed by atoms with Crippen LogP contribution in [0.3, 0.4) is 0 Å². The van der Waals surface area contributed by atoms with Crippen LogP contribution >= 0.6 is 0 Å². The van der Waals surface area contributed by atoms with Crippen LogP contribution < -0.4 is 0 Å². The second kappa shape index (κ2) is 102. The van der Waals surface area contributed by atoms with Crippen LogP contribution in [0.4, 0.5) is 0 Å². The summed E-state index contributed by atoms with van der Waals surface area (Å²) in [6.07, 6.45) is 53.3. The maximum absolute atomic E-state index is 2.38. The predicted octanol–water partition coefficient (Wildman–Crippen LogP) is 39.5. The van der Waals surface area contributed by atoms with E-state index >= 15 is 0 Å². The standard InChI is InChI=1S/C8H16.C7H14.C6H12.13C6H14/c1-8-6-4-2-3-5-7-8;1-7-5-3-2-4-6-7;1-6-4-2-3-5-6;3*1-5-6(2,3)4;2*1-5(2)6(3)4;3*1-4-5-6(2)3;3*1-4-6(3)5-2;2*1-3-5-6-4-2/h8H,2-7H2,1H3;7H,2-6H2,1H3;6H,2-5H2,1H3;3*5H2,1-4H3;2*5-6H,1-4H3;6*6H,4-5H2,1-3H3;2*3-6H2,1-2H3. The minimum Gasteiger partial charge on any atom is -0.0654 e. The molecule has 620 valence electrons. The fraction of sp³-hybridized carbons (Fsp3) is 1.00. The second-order valence-corrected chi connectivity index (χ2v) is 37.7. The molecule has 0 amide bonds. The lowest BCUT2D eigenvalue weighted by molar-refractivity contribution is 0.385. The molecule has 3 rings (SSSR count). The summed E-state index contributed by atoms with van der Waals surface area (Å²) in [5.41, 5.74) is 1.63. The van der Waals surface area contributed by atoms with Crippen molar-refractivity contribution in [2.45, 2.75) is 556 Å².